The summed E-state index contributed by atoms with van der Waals surface area (Å²) in [5, 5.41) is 0. The number of hydrogen-bond donors (Lipinski definition) is 0. The maximum atomic E-state index is 13.0. The largest absolute Gasteiger partial charge is 0.336 e. The van der Waals surface area contributed by atoms with E-state index in [1.165, 1.54) is 4.90 Å². The lowest BCUT2D eigenvalue weighted by Crippen LogP contribution is -2.49. The number of amides is 1. The van der Waals surface area contributed by atoms with Crippen LogP contribution in [0.1, 0.15) is 33.6 Å². The summed E-state index contributed by atoms with van der Waals surface area (Å²) in [6.07, 6.45) is 0.301. The highest BCUT2D eigenvalue weighted by Crippen LogP contribution is 2.29. The minimum absolute atomic E-state index is 0.0963. The Morgan fingerprint density at radius 2 is 1.93 bits per heavy atom. The zero-order valence-electron chi connectivity index (χ0n) is 8.94. The lowest BCUT2D eigenvalue weighted by Gasteiger charge is -2.36. The van der Waals surface area contributed by atoms with Gasteiger partial charge in [-0.1, -0.05) is 20.8 Å². The summed E-state index contributed by atoms with van der Waals surface area (Å²) in [5.74, 6) is -2.88. The van der Waals surface area contributed by atoms with E-state index in [9.17, 15) is 13.6 Å². The first kappa shape index (κ1) is 11.4. The van der Waals surface area contributed by atoms with Crippen molar-refractivity contribution in [2.24, 2.45) is 5.41 Å². The van der Waals surface area contributed by atoms with Crippen LogP contribution in [0.5, 0.6) is 0 Å². The van der Waals surface area contributed by atoms with E-state index in [2.05, 4.69) is 0 Å². The molecule has 1 aliphatic rings. The van der Waals surface area contributed by atoms with Crippen molar-refractivity contribution in [1.29, 1.82) is 0 Å². The zero-order valence-corrected chi connectivity index (χ0v) is 8.94. The van der Waals surface area contributed by atoms with E-state index >= 15 is 0 Å². The summed E-state index contributed by atoms with van der Waals surface area (Å²) in [5.41, 5.74) is -0.562. The van der Waals surface area contributed by atoms with Gasteiger partial charge in [0, 0.05) is 18.4 Å². The predicted octanol–water partition coefficient (Wildman–Crippen LogP) is 2.29. The van der Waals surface area contributed by atoms with E-state index < -0.39 is 17.9 Å². The Hall–Kier alpha value is -0.670. The van der Waals surface area contributed by atoms with Crippen LogP contribution in [-0.2, 0) is 4.79 Å². The summed E-state index contributed by atoms with van der Waals surface area (Å²) in [7, 11) is 0. The summed E-state index contributed by atoms with van der Waals surface area (Å²) in [4.78, 5) is 13.0. The fourth-order valence-electron chi connectivity index (χ4n) is 1.61. The van der Waals surface area contributed by atoms with Gasteiger partial charge in [-0.2, -0.15) is 0 Å². The van der Waals surface area contributed by atoms with Gasteiger partial charge in [0.15, 0.2) is 0 Å². The van der Waals surface area contributed by atoms with Crippen LogP contribution in [-0.4, -0.2) is 29.8 Å². The average Bonchev–Trinajstić information content (AvgIpc) is 1.99. The number of alkyl halides is 2. The third kappa shape index (κ3) is 2.66. The minimum atomic E-state index is -2.70. The van der Waals surface area contributed by atoms with Gasteiger partial charge >= 0.3 is 0 Å². The molecule has 0 aromatic heterocycles. The van der Waals surface area contributed by atoms with Crippen molar-refractivity contribution < 1.29 is 13.6 Å². The third-order valence-corrected chi connectivity index (χ3v) is 2.32. The highest BCUT2D eigenvalue weighted by atomic mass is 19.3. The van der Waals surface area contributed by atoms with E-state index in [0.717, 1.165) is 0 Å². The van der Waals surface area contributed by atoms with Crippen LogP contribution in [0, 0.1) is 5.41 Å². The number of nitrogens with zero attached hydrogens (tertiary/aromatic N) is 1. The Labute approximate surface area is 83.3 Å². The van der Waals surface area contributed by atoms with Gasteiger partial charge in [0.1, 0.15) is 0 Å². The number of carbonyl (C=O) groups is 1. The molecule has 14 heavy (non-hydrogen) atoms. The normalized spacial score (nSPS) is 22.2. The Kier molecular flexibility index (Phi) is 2.83. The molecule has 2 nitrogen and oxygen atoms in total. The summed E-state index contributed by atoms with van der Waals surface area (Å²) >= 11 is 0. The maximum Gasteiger partial charge on any atom is 0.265 e. The van der Waals surface area contributed by atoms with Crippen molar-refractivity contribution >= 4 is 5.91 Å². The molecule has 1 aliphatic heterocycles. The molecule has 0 unspecified atom stereocenters. The summed E-state index contributed by atoms with van der Waals surface area (Å²) in [6.45, 7) is 5.31. The van der Waals surface area contributed by atoms with Gasteiger partial charge in [-0.25, -0.2) is 8.78 Å². The monoisotopic (exact) mass is 205 g/mol. The van der Waals surface area contributed by atoms with E-state index in [4.69, 9.17) is 0 Å². The maximum absolute atomic E-state index is 13.0. The molecule has 0 bridgehead atoms. The molecule has 0 saturated carbocycles. The van der Waals surface area contributed by atoms with Crippen molar-refractivity contribution in [2.45, 2.75) is 39.5 Å². The van der Waals surface area contributed by atoms with Crippen LogP contribution in [0.15, 0.2) is 0 Å². The molecule has 4 heteroatoms. The Balaban J connectivity index is 2.66. The number of carbonyl (C=O) groups excluding carboxylic acids is 1. The van der Waals surface area contributed by atoms with Crippen LogP contribution >= 0.6 is 0 Å². The minimum Gasteiger partial charge on any atom is -0.336 e. The smallest absolute Gasteiger partial charge is 0.265 e. The van der Waals surface area contributed by atoms with Gasteiger partial charge in [0.05, 0.1) is 6.54 Å². The van der Waals surface area contributed by atoms with Crippen molar-refractivity contribution in [1.82, 2.24) is 4.90 Å². The molecular weight excluding hydrogens is 188 g/mol. The molecule has 1 fully saturated rings. The molecule has 1 rings (SSSR count). The van der Waals surface area contributed by atoms with Crippen LogP contribution in [0.25, 0.3) is 0 Å². The van der Waals surface area contributed by atoms with E-state index in [1.807, 2.05) is 0 Å². The molecule has 1 saturated heterocycles. The molecule has 1 heterocycles. The molecule has 0 N–H and O–H groups in total. The van der Waals surface area contributed by atoms with Gasteiger partial charge < -0.3 is 4.90 Å². The van der Waals surface area contributed by atoms with Crippen LogP contribution in [0.4, 0.5) is 8.78 Å². The number of rotatable bonds is 0. The first-order valence-electron chi connectivity index (χ1n) is 4.90. The first-order chi connectivity index (χ1) is 6.22. The van der Waals surface area contributed by atoms with E-state index in [0.29, 0.717) is 13.0 Å². The molecule has 0 aromatic carbocycles. The molecule has 0 spiro atoms. The summed E-state index contributed by atoms with van der Waals surface area (Å²) < 4.78 is 26.0. The van der Waals surface area contributed by atoms with Gasteiger partial charge in [0.25, 0.3) is 5.92 Å². The van der Waals surface area contributed by atoms with Crippen LogP contribution < -0.4 is 0 Å². The fraction of sp³-hybridized carbons (Fsp3) is 0.900. The summed E-state index contributed by atoms with van der Waals surface area (Å²) in [6, 6.07) is 0. The van der Waals surface area contributed by atoms with Crippen molar-refractivity contribution in [3.8, 4) is 0 Å². The second-order valence-corrected chi connectivity index (χ2v) is 4.94. The Morgan fingerprint density at radius 3 is 2.36 bits per heavy atom. The molecule has 1 amide bonds. The lowest BCUT2D eigenvalue weighted by molar-refractivity contribution is -0.149. The zero-order chi connectivity index (χ0) is 11.0. The third-order valence-electron chi connectivity index (χ3n) is 2.32. The molecular formula is C10H17F2NO. The number of piperidine rings is 1. The average molecular weight is 205 g/mol. The molecule has 0 aromatic rings. The van der Waals surface area contributed by atoms with Gasteiger partial charge in [-0.3, -0.25) is 4.79 Å². The first-order valence-corrected chi connectivity index (χ1v) is 4.90. The van der Waals surface area contributed by atoms with Gasteiger partial charge in [-0.05, 0) is 6.42 Å². The van der Waals surface area contributed by atoms with Gasteiger partial charge in [0.2, 0.25) is 5.91 Å². The topological polar surface area (TPSA) is 20.3 Å². The Morgan fingerprint density at radius 1 is 1.36 bits per heavy atom. The molecule has 0 radical (unpaired) electrons. The van der Waals surface area contributed by atoms with Crippen LogP contribution in [0.2, 0.25) is 0 Å². The van der Waals surface area contributed by atoms with E-state index in [-0.39, 0.29) is 12.3 Å². The fourth-order valence-corrected chi connectivity index (χ4v) is 1.61. The number of hydrogen-bond acceptors (Lipinski definition) is 1. The van der Waals surface area contributed by atoms with E-state index in [1.54, 1.807) is 20.8 Å². The SMILES string of the molecule is CC(C)(C)C(=O)N1CCCC(F)(F)C1. The Bertz CT molecular complexity index is 233. The standard InChI is InChI=1S/C10H17F2NO/c1-9(2,3)8(14)13-6-4-5-10(11,12)7-13/h4-7H2,1-3H3. The number of likely N-dealkylation sites (tertiary alicyclic amines) is 1. The quantitative estimate of drug-likeness (QED) is 0.594. The second kappa shape index (κ2) is 3.48. The molecule has 82 valence electrons. The predicted molar refractivity (Wildman–Crippen MR) is 50.2 cm³/mol. The van der Waals surface area contributed by atoms with Crippen molar-refractivity contribution in [3.63, 3.8) is 0 Å². The van der Waals surface area contributed by atoms with Crippen molar-refractivity contribution in [3.05, 3.63) is 0 Å². The van der Waals surface area contributed by atoms with Crippen LogP contribution in [0.3, 0.4) is 0 Å². The highest BCUT2D eigenvalue weighted by Gasteiger charge is 2.39. The second-order valence-electron chi connectivity index (χ2n) is 4.94. The van der Waals surface area contributed by atoms with Crippen molar-refractivity contribution in [2.75, 3.05) is 13.1 Å². The van der Waals surface area contributed by atoms with Gasteiger partial charge in [-0.15, -0.1) is 0 Å². The molecule has 0 atom stereocenters. The lowest BCUT2D eigenvalue weighted by atomic mass is 9.93. The number of halogens is 2. The highest BCUT2D eigenvalue weighted by molar-refractivity contribution is 5.81. The molecule has 0 aliphatic carbocycles.